The summed E-state index contributed by atoms with van der Waals surface area (Å²) in [6, 6.07) is 6.61. The molecule has 2 rings (SSSR count). The topological polar surface area (TPSA) is 55.9 Å². The fraction of sp³-hybridized carbons (Fsp3) is 0.438. The zero-order valence-corrected chi connectivity index (χ0v) is 13.0. The minimum atomic E-state index is 0.107. The van der Waals surface area contributed by atoms with E-state index in [0.717, 1.165) is 12.1 Å². The molecule has 0 aliphatic carbocycles. The molecule has 0 saturated carbocycles. The number of benzene rings is 1. The van der Waals surface area contributed by atoms with Crippen LogP contribution in [0.1, 0.15) is 39.7 Å². The molecule has 0 bridgehead atoms. The Bertz CT molecular complexity index is 613. The van der Waals surface area contributed by atoms with Crippen molar-refractivity contribution in [2.75, 3.05) is 0 Å². The van der Waals surface area contributed by atoms with Crippen LogP contribution in [0, 0.1) is 27.7 Å². The molecule has 0 fully saturated rings. The standard InChI is InChI=1S/C16H24N4/c1-10-6-7-14(8-11(10)2)16(18-17)9-15-12(3)19-20(5)13(15)4/h6-8,16,18H,9,17H2,1-5H3. The number of hydrogen-bond donors (Lipinski definition) is 2. The summed E-state index contributed by atoms with van der Waals surface area (Å²) in [5, 5.41) is 4.47. The Labute approximate surface area is 121 Å². The molecular weight excluding hydrogens is 248 g/mol. The third-order valence-corrected chi connectivity index (χ3v) is 4.20. The van der Waals surface area contributed by atoms with Crippen LogP contribution in [-0.2, 0) is 13.5 Å². The molecule has 0 spiro atoms. The van der Waals surface area contributed by atoms with E-state index in [1.54, 1.807) is 0 Å². The van der Waals surface area contributed by atoms with Gasteiger partial charge in [0.25, 0.3) is 0 Å². The molecule has 1 aromatic heterocycles. The lowest BCUT2D eigenvalue weighted by atomic mass is 9.95. The van der Waals surface area contributed by atoms with E-state index < -0.39 is 0 Å². The first kappa shape index (κ1) is 14.8. The highest BCUT2D eigenvalue weighted by Gasteiger charge is 2.17. The van der Waals surface area contributed by atoms with E-state index >= 15 is 0 Å². The van der Waals surface area contributed by atoms with Gasteiger partial charge < -0.3 is 0 Å². The van der Waals surface area contributed by atoms with Crippen molar-refractivity contribution in [1.82, 2.24) is 15.2 Å². The van der Waals surface area contributed by atoms with E-state index in [2.05, 4.69) is 56.4 Å². The van der Waals surface area contributed by atoms with Crippen LogP contribution >= 0.6 is 0 Å². The summed E-state index contributed by atoms with van der Waals surface area (Å²) in [7, 11) is 1.98. The number of hydrazine groups is 1. The van der Waals surface area contributed by atoms with Crippen LogP contribution in [0.5, 0.6) is 0 Å². The third kappa shape index (κ3) is 2.76. The van der Waals surface area contributed by atoms with Crippen molar-refractivity contribution in [3.8, 4) is 0 Å². The molecule has 0 amide bonds. The van der Waals surface area contributed by atoms with E-state index in [0.29, 0.717) is 0 Å². The first-order chi connectivity index (χ1) is 9.43. The minimum Gasteiger partial charge on any atom is -0.272 e. The van der Waals surface area contributed by atoms with Gasteiger partial charge in [-0.2, -0.15) is 5.10 Å². The first-order valence-electron chi connectivity index (χ1n) is 6.96. The summed E-state index contributed by atoms with van der Waals surface area (Å²) in [5.41, 5.74) is 10.3. The minimum absolute atomic E-state index is 0.107. The zero-order chi connectivity index (χ0) is 14.9. The second kappa shape index (κ2) is 5.77. The fourth-order valence-corrected chi connectivity index (χ4v) is 2.57. The van der Waals surface area contributed by atoms with Crippen molar-refractivity contribution < 1.29 is 0 Å². The average molecular weight is 272 g/mol. The Hall–Kier alpha value is -1.65. The van der Waals surface area contributed by atoms with Gasteiger partial charge in [-0.25, -0.2) is 0 Å². The molecule has 1 unspecified atom stereocenters. The van der Waals surface area contributed by atoms with Crippen LogP contribution in [-0.4, -0.2) is 9.78 Å². The van der Waals surface area contributed by atoms with Crippen molar-refractivity contribution in [3.05, 3.63) is 51.8 Å². The fourth-order valence-electron chi connectivity index (χ4n) is 2.57. The molecular formula is C16H24N4. The molecule has 3 N–H and O–H groups in total. The molecule has 1 atom stereocenters. The molecule has 0 saturated heterocycles. The van der Waals surface area contributed by atoms with Crippen LogP contribution in [0.3, 0.4) is 0 Å². The van der Waals surface area contributed by atoms with Gasteiger partial charge in [-0.3, -0.25) is 16.0 Å². The molecule has 108 valence electrons. The summed E-state index contributed by atoms with van der Waals surface area (Å²) < 4.78 is 1.93. The van der Waals surface area contributed by atoms with Crippen LogP contribution in [0.2, 0.25) is 0 Å². The molecule has 2 aromatic rings. The molecule has 0 aliphatic rings. The summed E-state index contributed by atoms with van der Waals surface area (Å²) in [5.74, 6) is 5.77. The third-order valence-electron chi connectivity index (χ3n) is 4.20. The van der Waals surface area contributed by atoms with Crippen LogP contribution in [0.15, 0.2) is 18.2 Å². The van der Waals surface area contributed by atoms with Crippen molar-refractivity contribution in [2.24, 2.45) is 12.9 Å². The molecule has 1 heterocycles. The monoisotopic (exact) mass is 272 g/mol. The Balaban J connectivity index is 2.31. The van der Waals surface area contributed by atoms with Gasteiger partial charge in [0.2, 0.25) is 0 Å². The molecule has 0 radical (unpaired) electrons. The average Bonchev–Trinajstić information content (AvgIpc) is 2.65. The number of aromatic nitrogens is 2. The number of hydrogen-bond acceptors (Lipinski definition) is 3. The highest BCUT2D eigenvalue weighted by molar-refractivity contribution is 5.34. The second-order valence-electron chi connectivity index (χ2n) is 5.54. The van der Waals surface area contributed by atoms with E-state index in [4.69, 9.17) is 5.84 Å². The van der Waals surface area contributed by atoms with E-state index in [-0.39, 0.29) is 6.04 Å². The van der Waals surface area contributed by atoms with Gasteiger partial charge in [0.1, 0.15) is 0 Å². The lowest BCUT2D eigenvalue weighted by molar-refractivity contribution is 0.549. The Morgan fingerprint density at radius 3 is 2.40 bits per heavy atom. The van der Waals surface area contributed by atoms with Crippen molar-refractivity contribution >= 4 is 0 Å². The smallest absolute Gasteiger partial charge is 0.0629 e. The van der Waals surface area contributed by atoms with Gasteiger partial charge in [-0.15, -0.1) is 0 Å². The second-order valence-corrected chi connectivity index (χ2v) is 5.54. The highest BCUT2D eigenvalue weighted by Crippen LogP contribution is 2.23. The van der Waals surface area contributed by atoms with Crippen LogP contribution < -0.4 is 11.3 Å². The first-order valence-corrected chi connectivity index (χ1v) is 6.96. The van der Waals surface area contributed by atoms with Gasteiger partial charge in [-0.05, 0) is 56.4 Å². The summed E-state index contributed by atoms with van der Waals surface area (Å²) in [6.07, 6.45) is 0.852. The van der Waals surface area contributed by atoms with E-state index in [1.165, 1.54) is 27.9 Å². The lowest BCUT2D eigenvalue weighted by Crippen LogP contribution is -2.30. The normalized spacial score (nSPS) is 12.7. The number of nitrogens with zero attached hydrogens (tertiary/aromatic N) is 2. The van der Waals surface area contributed by atoms with Gasteiger partial charge >= 0.3 is 0 Å². The number of rotatable bonds is 4. The van der Waals surface area contributed by atoms with E-state index in [9.17, 15) is 0 Å². The molecule has 0 aliphatic heterocycles. The zero-order valence-electron chi connectivity index (χ0n) is 13.0. The predicted octanol–water partition coefficient (Wildman–Crippen LogP) is 2.40. The largest absolute Gasteiger partial charge is 0.272 e. The van der Waals surface area contributed by atoms with Gasteiger partial charge in [0.15, 0.2) is 0 Å². The maximum absolute atomic E-state index is 5.77. The summed E-state index contributed by atoms with van der Waals surface area (Å²) in [6.45, 7) is 8.41. The maximum Gasteiger partial charge on any atom is 0.0629 e. The SMILES string of the molecule is Cc1ccc(C(Cc2c(C)nn(C)c2C)NN)cc1C. The van der Waals surface area contributed by atoms with Crippen LogP contribution in [0.4, 0.5) is 0 Å². The van der Waals surface area contributed by atoms with Gasteiger partial charge in [-0.1, -0.05) is 18.2 Å². The molecule has 1 aromatic carbocycles. The Morgan fingerprint density at radius 1 is 1.20 bits per heavy atom. The molecule has 4 nitrogen and oxygen atoms in total. The molecule has 20 heavy (non-hydrogen) atoms. The highest BCUT2D eigenvalue weighted by atomic mass is 15.3. The van der Waals surface area contributed by atoms with Gasteiger partial charge in [0, 0.05) is 12.7 Å². The predicted molar refractivity (Wildman–Crippen MR) is 82.4 cm³/mol. The van der Waals surface area contributed by atoms with Crippen molar-refractivity contribution in [3.63, 3.8) is 0 Å². The number of aryl methyl sites for hydroxylation is 4. The number of nitrogens with one attached hydrogen (secondary N) is 1. The number of nitrogens with two attached hydrogens (primary N) is 1. The van der Waals surface area contributed by atoms with Gasteiger partial charge in [0.05, 0.1) is 11.7 Å². The maximum atomic E-state index is 5.77. The Kier molecular flexibility index (Phi) is 4.26. The molecule has 4 heteroatoms. The Morgan fingerprint density at radius 2 is 1.90 bits per heavy atom. The summed E-state index contributed by atoms with van der Waals surface area (Å²) >= 11 is 0. The summed E-state index contributed by atoms with van der Waals surface area (Å²) in [4.78, 5) is 0. The van der Waals surface area contributed by atoms with E-state index in [1.807, 2.05) is 11.7 Å². The van der Waals surface area contributed by atoms with Crippen molar-refractivity contribution in [2.45, 2.75) is 40.2 Å². The van der Waals surface area contributed by atoms with Crippen LogP contribution in [0.25, 0.3) is 0 Å². The lowest BCUT2D eigenvalue weighted by Gasteiger charge is -2.18. The van der Waals surface area contributed by atoms with Crippen molar-refractivity contribution in [1.29, 1.82) is 0 Å². The quantitative estimate of drug-likeness (QED) is 0.664.